The Balaban J connectivity index is 2.26. The summed E-state index contributed by atoms with van der Waals surface area (Å²) in [6.07, 6.45) is 9.83. The number of allylic oxidation sites excluding steroid dienone is 2. The van der Waals surface area contributed by atoms with Gasteiger partial charge in [0.25, 0.3) is 0 Å². The van der Waals surface area contributed by atoms with Crippen LogP contribution in [-0.4, -0.2) is 4.57 Å². The van der Waals surface area contributed by atoms with Gasteiger partial charge in [-0.3, -0.25) is 0 Å². The fourth-order valence-corrected chi connectivity index (χ4v) is 3.81. The molecule has 0 aliphatic heterocycles. The maximum Gasteiger partial charge on any atom is 0.0660 e. The van der Waals surface area contributed by atoms with Crippen molar-refractivity contribution >= 4 is 34.0 Å². The highest BCUT2D eigenvalue weighted by Gasteiger charge is 2.19. The predicted molar refractivity (Wildman–Crippen MR) is 110 cm³/mol. The Bertz CT molecular complexity index is 1110. The number of aromatic nitrogens is 1. The molecule has 0 fully saturated rings. The molecule has 0 saturated heterocycles. The summed E-state index contributed by atoms with van der Waals surface area (Å²) in [7, 11) is 2.16. The second-order valence-corrected chi connectivity index (χ2v) is 7.14. The molecule has 0 atom stereocenters. The Morgan fingerprint density at radius 3 is 2.80 bits per heavy atom. The molecule has 1 heteroatoms. The van der Waals surface area contributed by atoms with E-state index in [2.05, 4.69) is 92.8 Å². The van der Waals surface area contributed by atoms with Gasteiger partial charge >= 0.3 is 0 Å². The first kappa shape index (κ1) is 15.8. The smallest absolute Gasteiger partial charge is 0.0660 e. The third-order valence-corrected chi connectivity index (χ3v) is 5.06. The molecule has 0 amide bonds. The van der Waals surface area contributed by atoms with Gasteiger partial charge in [0, 0.05) is 29.8 Å². The van der Waals surface area contributed by atoms with Gasteiger partial charge in [0.15, 0.2) is 0 Å². The summed E-state index contributed by atoms with van der Waals surface area (Å²) in [5.41, 5.74) is 7.60. The number of rotatable bonds is 2. The number of hydrogen-bond acceptors (Lipinski definition) is 0. The van der Waals surface area contributed by atoms with Crippen LogP contribution in [0.4, 0.5) is 0 Å². The lowest BCUT2D eigenvalue weighted by Crippen LogP contribution is -1.98. The van der Waals surface area contributed by atoms with Crippen molar-refractivity contribution < 1.29 is 0 Å². The molecule has 25 heavy (non-hydrogen) atoms. The van der Waals surface area contributed by atoms with Crippen LogP contribution in [-0.2, 0) is 7.05 Å². The van der Waals surface area contributed by atoms with E-state index in [1.54, 1.807) is 0 Å². The number of nitrogens with zero attached hydrogens (tertiary/aromatic N) is 1. The summed E-state index contributed by atoms with van der Waals surface area (Å²) in [4.78, 5) is 0. The molecule has 4 rings (SSSR count). The SMILES string of the molecule is Cc1c2c(c3c(c1/C=C\C(C)C)c1ccccc1n3C)C#CCC=C2. The molecular formula is C24H23N. The van der Waals surface area contributed by atoms with Crippen molar-refractivity contribution in [2.24, 2.45) is 13.0 Å². The zero-order valence-electron chi connectivity index (χ0n) is 15.4. The van der Waals surface area contributed by atoms with Crippen molar-refractivity contribution in [3.63, 3.8) is 0 Å². The highest BCUT2D eigenvalue weighted by atomic mass is 14.9. The van der Waals surface area contributed by atoms with Crippen LogP contribution < -0.4 is 0 Å². The van der Waals surface area contributed by atoms with E-state index in [1.807, 2.05) is 0 Å². The van der Waals surface area contributed by atoms with Gasteiger partial charge in [-0.2, -0.15) is 0 Å². The van der Waals surface area contributed by atoms with E-state index in [9.17, 15) is 0 Å². The minimum absolute atomic E-state index is 0.526. The number of fused-ring (bicyclic) bond motifs is 5. The van der Waals surface area contributed by atoms with Crippen LogP contribution in [0.3, 0.4) is 0 Å². The average Bonchev–Trinajstić information content (AvgIpc) is 2.77. The second-order valence-electron chi connectivity index (χ2n) is 7.14. The van der Waals surface area contributed by atoms with Crippen LogP contribution in [0.25, 0.3) is 34.0 Å². The van der Waals surface area contributed by atoms with Crippen molar-refractivity contribution in [3.8, 4) is 11.8 Å². The van der Waals surface area contributed by atoms with E-state index in [-0.39, 0.29) is 0 Å². The molecule has 1 aliphatic rings. The molecule has 0 N–H and O–H groups in total. The van der Waals surface area contributed by atoms with E-state index in [1.165, 1.54) is 44.1 Å². The zero-order valence-corrected chi connectivity index (χ0v) is 15.4. The third-order valence-electron chi connectivity index (χ3n) is 5.06. The van der Waals surface area contributed by atoms with E-state index in [4.69, 9.17) is 0 Å². The molecule has 0 radical (unpaired) electrons. The largest absolute Gasteiger partial charge is 0.343 e. The van der Waals surface area contributed by atoms with Crippen molar-refractivity contribution in [1.29, 1.82) is 0 Å². The fraction of sp³-hybridized carbons (Fsp3) is 0.250. The fourth-order valence-electron chi connectivity index (χ4n) is 3.81. The second kappa shape index (κ2) is 5.97. The Morgan fingerprint density at radius 2 is 2.00 bits per heavy atom. The van der Waals surface area contributed by atoms with Crippen LogP contribution in [0.15, 0.2) is 36.4 Å². The van der Waals surface area contributed by atoms with Crippen molar-refractivity contribution in [2.45, 2.75) is 27.2 Å². The lowest BCUT2D eigenvalue weighted by molar-refractivity contribution is 0.836. The number of hydrogen-bond donors (Lipinski definition) is 0. The van der Waals surface area contributed by atoms with Crippen LogP contribution >= 0.6 is 0 Å². The lowest BCUT2D eigenvalue weighted by Gasteiger charge is -2.13. The number of para-hydroxylation sites is 1. The van der Waals surface area contributed by atoms with Crippen molar-refractivity contribution in [2.75, 3.05) is 0 Å². The molecule has 0 saturated carbocycles. The number of aryl methyl sites for hydroxylation is 1. The minimum Gasteiger partial charge on any atom is -0.343 e. The molecule has 124 valence electrons. The molecule has 0 unspecified atom stereocenters. The van der Waals surface area contributed by atoms with Gasteiger partial charge in [-0.25, -0.2) is 0 Å². The molecular weight excluding hydrogens is 302 g/mol. The van der Waals surface area contributed by atoms with Crippen LogP contribution in [0.1, 0.15) is 42.5 Å². The van der Waals surface area contributed by atoms with Crippen molar-refractivity contribution in [3.05, 3.63) is 58.7 Å². The van der Waals surface area contributed by atoms with Gasteiger partial charge in [-0.05, 0) is 35.6 Å². The highest BCUT2D eigenvalue weighted by Crippen LogP contribution is 2.38. The van der Waals surface area contributed by atoms with Gasteiger partial charge in [0.2, 0.25) is 0 Å². The molecule has 0 bridgehead atoms. The van der Waals surface area contributed by atoms with Gasteiger partial charge in [-0.15, -0.1) is 0 Å². The Hall–Kier alpha value is -2.72. The average molecular weight is 325 g/mol. The molecule has 1 nitrogen and oxygen atoms in total. The van der Waals surface area contributed by atoms with Gasteiger partial charge < -0.3 is 4.57 Å². The van der Waals surface area contributed by atoms with Gasteiger partial charge in [-0.1, -0.05) is 68.2 Å². The Morgan fingerprint density at radius 1 is 1.20 bits per heavy atom. The third kappa shape index (κ3) is 2.41. The summed E-state index contributed by atoms with van der Waals surface area (Å²) in [6, 6.07) is 8.68. The Labute approximate surface area is 149 Å². The first-order valence-corrected chi connectivity index (χ1v) is 8.97. The lowest BCUT2D eigenvalue weighted by atomic mass is 9.91. The first-order valence-electron chi connectivity index (χ1n) is 8.97. The topological polar surface area (TPSA) is 4.93 Å². The van der Waals surface area contributed by atoms with Crippen LogP contribution in [0, 0.1) is 24.7 Å². The standard InChI is InChI=1S/C24H23N/c1-16(2)14-15-19-17(3)18-10-6-5-7-11-20(18)24-23(19)21-12-8-9-13-22(21)25(24)4/h6,8-10,12-16H,5H2,1-4H3/b15-14-. The summed E-state index contributed by atoms with van der Waals surface area (Å²) >= 11 is 0. The predicted octanol–water partition coefficient (Wildman–Crippen LogP) is 6.08. The first-order chi connectivity index (χ1) is 12.1. The van der Waals surface area contributed by atoms with E-state index >= 15 is 0 Å². The van der Waals surface area contributed by atoms with Crippen molar-refractivity contribution in [1.82, 2.24) is 4.57 Å². The number of benzene rings is 2. The normalized spacial score (nSPS) is 13.5. The summed E-state index contributed by atoms with van der Waals surface area (Å²) in [5, 5.41) is 2.64. The van der Waals surface area contributed by atoms with E-state index in [0.29, 0.717) is 5.92 Å². The molecule has 1 aliphatic carbocycles. The van der Waals surface area contributed by atoms with Crippen LogP contribution in [0.5, 0.6) is 0 Å². The minimum atomic E-state index is 0.526. The monoisotopic (exact) mass is 325 g/mol. The van der Waals surface area contributed by atoms with E-state index < -0.39 is 0 Å². The highest BCUT2D eigenvalue weighted by molar-refractivity contribution is 6.15. The summed E-state index contributed by atoms with van der Waals surface area (Å²) < 4.78 is 2.31. The Kier molecular flexibility index (Phi) is 3.77. The molecule has 2 aromatic carbocycles. The van der Waals surface area contributed by atoms with Crippen LogP contribution in [0.2, 0.25) is 0 Å². The molecule has 3 aromatic rings. The molecule has 0 spiro atoms. The quantitative estimate of drug-likeness (QED) is 0.503. The summed E-state index contributed by atoms with van der Waals surface area (Å²) in [6.45, 7) is 6.68. The maximum absolute atomic E-state index is 3.45. The zero-order chi connectivity index (χ0) is 17.6. The molecule has 1 heterocycles. The summed E-state index contributed by atoms with van der Waals surface area (Å²) in [5.74, 6) is 7.27. The van der Waals surface area contributed by atoms with E-state index in [0.717, 1.165) is 6.42 Å². The molecule has 1 aromatic heterocycles. The van der Waals surface area contributed by atoms with Gasteiger partial charge in [0.1, 0.15) is 0 Å². The maximum atomic E-state index is 3.45. The van der Waals surface area contributed by atoms with Gasteiger partial charge in [0.05, 0.1) is 11.1 Å².